The molecule has 2 atom stereocenters. The van der Waals surface area contributed by atoms with Gasteiger partial charge in [0, 0.05) is 25.9 Å². The second-order valence-electron chi connectivity index (χ2n) is 13.7. The lowest BCUT2D eigenvalue weighted by atomic mass is 9.52. The summed E-state index contributed by atoms with van der Waals surface area (Å²) < 4.78 is 27.0. The molecule has 2 aromatic rings. The number of fused-ring (bicyclic) bond motifs is 6. The molecule has 224 valence electrons. The number of nitrogens with zero attached hydrogens (tertiary/aromatic N) is 5. The smallest absolute Gasteiger partial charge is 0.410 e. The number of anilines is 1. The Balaban J connectivity index is 1.20. The van der Waals surface area contributed by atoms with Crippen LogP contribution in [0.15, 0.2) is 6.20 Å². The quantitative estimate of drug-likeness (QED) is 0.399. The first kappa shape index (κ1) is 28.6. The van der Waals surface area contributed by atoms with E-state index in [9.17, 15) is 9.90 Å². The first-order valence-electron chi connectivity index (χ1n) is 15.0. The normalized spacial score (nSPS) is 29.3. The molecule has 3 aliphatic carbocycles. The van der Waals surface area contributed by atoms with Crippen molar-refractivity contribution in [3.63, 3.8) is 0 Å². The van der Waals surface area contributed by atoms with Crippen molar-refractivity contribution < 1.29 is 23.8 Å². The third-order valence-electron chi connectivity index (χ3n) is 10.0. The number of aliphatic hydroxyl groups excluding tert-OH is 1. The van der Waals surface area contributed by atoms with Crippen molar-refractivity contribution in [3.8, 4) is 6.01 Å². The molecule has 0 aromatic carbocycles. The molecule has 9 nitrogen and oxygen atoms in total. The summed E-state index contributed by atoms with van der Waals surface area (Å²) in [5.74, 6) is -0.137. The van der Waals surface area contributed by atoms with E-state index in [1.54, 1.807) is 0 Å². The van der Waals surface area contributed by atoms with E-state index in [1.165, 1.54) is 25.5 Å². The number of ether oxygens (including phenoxy) is 2. The maximum Gasteiger partial charge on any atom is 0.410 e. The van der Waals surface area contributed by atoms with E-state index in [0.717, 1.165) is 44.9 Å². The minimum Gasteiger partial charge on any atom is -0.463 e. The Kier molecular flexibility index (Phi) is 7.46. The number of rotatable bonds is 7. The maximum atomic E-state index is 15.2. The van der Waals surface area contributed by atoms with Crippen LogP contribution in [0.1, 0.15) is 85.0 Å². The number of carbonyl (C=O) groups excluding carboxylic acids is 1. The SMILES string of the molecule is CC(C)(C)OC(=O)N1C2CCC1CN(c1nc(OCCC34CCC(CCO)(CC3)CC4)nc3c(F)c(Cl)ncc13)C2. The lowest BCUT2D eigenvalue weighted by Crippen LogP contribution is -2.57. The molecule has 1 amide bonds. The minimum atomic E-state index is -0.689. The second kappa shape index (κ2) is 10.7. The largest absolute Gasteiger partial charge is 0.463 e. The number of aliphatic hydroxyl groups is 1. The van der Waals surface area contributed by atoms with Crippen LogP contribution in [0.25, 0.3) is 10.9 Å². The molecular formula is C30H41ClFN5O4. The highest BCUT2D eigenvalue weighted by Gasteiger charge is 2.48. The fourth-order valence-corrected chi connectivity index (χ4v) is 7.82. The monoisotopic (exact) mass is 589 g/mol. The van der Waals surface area contributed by atoms with Crippen LogP contribution >= 0.6 is 11.6 Å². The summed E-state index contributed by atoms with van der Waals surface area (Å²) in [6, 6.07) is 0.0729. The predicted octanol–water partition coefficient (Wildman–Crippen LogP) is 5.90. The number of amides is 1. The molecule has 0 spiro atoms. The van der Waals surface area contributed by atoms with Crippen molar-refractivity contribution in [2.75, 3.05) is 31.2 Å². The Labute approximate surface area is 245 Å². The molecule has 2 aromatic heterocycles. The number of halogens is 2. The van der Waals surface area contributed by atoms with Crippen molar-refractivity contribution in [2.24, 2.45) is 10.8 Å². The van der Waals surface area contributed by atoms with Gasteiger partial charge >= 0.3 is 12.1 Å². The van der Waals surface area contributed by atoms with Gasteiger partial charge in [-0.25, -0.2) is 14.2 Å². The molecule has 2 unspecified atom stereocenters. The van der Waals surface area contributed by atoms with E-state index in [4.69, 9.17) is 26.1 Å². The lowest BCUT2D eigenvalue weighted by molar-refractivity contribution is -0.0335. The summed E-state index contributed by atoms with van der Waals surface area (Å²) in [5.41, 5.74) is 0.106. The molecule has 7 rings (SSSR count). The van der Waals surface area contributed by atoms with Gasteiger partial charge < -0.3 is 19.5 Å². The van der Waals surface area contributed by atoms with Gasteiger partial charge in [-0.1, -0.05) is 11.6 Å². The van der Waals surface area contributed by atoms with E-state index >= 15 is 4.39 Å². The summed E-state index contributed by atoms with van der Waals surface area (Å²) in [6.07, 6.45) is 11.7. The van der Waals surface area contributed by atoms with Crippen LogP contribution in [-0.4, -0.2) is 75.0 Å². The van der Waals surface area contributed by atoms with Crippen LogP contribution in [0, 0.1) is 16.6 Å². The van der Waals surface area contributed by atoms with Gasteiger partial charge in [0.25, 0.3) is 0 Å². The van der Waals surface area contributed by atoms with Crippen molar-refractivity contribution in [3.05, 3.63) is 17.2 Å². The Bertz CT molecular complexity index is 1280. The molecular weight excluding hydrogens is 549 g/mol. The standard InChI is InChI=1S/C30H41ClFN5O4/c1-28(2,3)41-27(39)37-19-4-5-20(37)18-36(17-19)25-21-16-33-24(31)22(32)23(21)34-26(35-25)40-15-13-30-9-6-29(7-10-30,8-11-30)12-14-38/h16,19-20,38H,4-15,17-18H2,1-3H3. The van der Waals surface area contributed by atoms with Gasteiger partial charge in [-0.2, -0.15) is 9.97 Å². The number of aromatic nitrogens is 3. The Morgan fingerprint density at radius 1 is 1.07 bits per heavy atom. The summed E-state index contributed by atoms with van der Waals surface area (Å²) in [6.45, 7) is 7.43. The summed E-state index contributed by atoms with van der Waals surface area (Å²) in [7, 11) is 0. The average Bonchev–Trinajstić information content (AvgIpc) is 3.20. The van der Waals surface area contributed by atoms with E-state index in [1.807, 2.05) is 25.7 Å². The van der Waals surface area contributed by atoms with Crippen LogP contribution in [0.2, 0.25) is 5.15 Å². The van der Waals surface area contributed by atoms with Gasteiger partial charge in [-0.3, -0.25) is 4.90 Å². The van der Waals surface area contributed by atoms with Crippen molar-refractivity contribution in [2.45, 2.75) is 103 Å². The molecule has 1 N–H and O–H groups in total. The zero-order valence-electron chi connectivity index (χ0n) is 24.3. The first-order chi connectivity index (χ1) is 19.5. The fraction of sp³-hybridized carbons (Fsp3) is 0.733. The van der Waals surface area contributed by atoms with Crippen LogP contribution in [0.3, 0.4) is 0 Å². The molecule has 11 heteroatoms. The van der Waals surface area contributed by atoms with Gasteiger partial charge in [0.2, 0.25) is 0 Å². The van der Waals surface area contributed by atoms with Gasteiger partial charge in [-0.15, -0.1) is 0 Å². The molecule has 41 heavy (non-hydrogen) atoms. The van der Waals surface area contributed by atoms with Gasteiger partial charge in [0.15, 0.2) is 11.0 Å². The molecule has 5 fully saturated rings. The van der Waals surface area contributed by atoms with Crippen LogP contribution in [-0.2, 0) is 4.74 Å². The molecule has 2 aliphatic heterocycles. The van der Waals surface area contributed by atoms with Gasteiger partial charge in [-0.05, 0) is 95.8 Å². The van der Waals surface area contributed by atoms with Crippen LogP contribution < -0.4 is 9.64 Å². The minimum absolute atomic E-state index is 0.0299. The van der Waals surface area contributed by atoms with Crippen molar-refractivity contribution >= 4 is 34.4 Å². The first-order valence-corrected chi connectivity index (χ1v) is 15.4. The topological polar surface area (TPSA) is 101 Å². The van der Waals surface area contributed by atoms with Gasteiger partial charge in [0.1, 0.15) is 16.9 Å². The third-order valence-corrected chi connectivity index (χ3v) is 10.3. The predicted molar refractivity (Wildman–Crippen MR) is 154 cm³/mol. The van der Waals surface area contributed by atoms with Crippen LogP contribution in [0.5, 0.6) is 6.01 Å². The highest BCUT2D eigenvalue weighted by molar-refractivity contribution is 6.30. The zero-order valence-corrected chi connectivity index (χ0v) is 25.1. The van der Waals surface area contributed by atoms with Gasteiger partial charge in [0.05, 0.1) is 24.1 Å². The summed E-state index contributed by atoms with van der Waals surface area (Å²) >= 11 is 6.05. The maximum absolute atomic E-state index is 15.2. The second-order valence-corrected chi connectivity index (χ2v) is 14.1. The lowest BCUT2D eigenvalue weighted by Gasteiger charge is -2.53. The summed E-state index contributed by atoms with van der Waals surface area (Å²) in [4.78, 5) is 30.2. The molecule has 5 aliphatic rings. The molecule has 4 heterocycles. The van der Waals surface area contributed by atoms with Crippen LogP contribution in [0.4, 0.5) is 15.0 Å². The third kappa shape index (κ3) is 5.54. The number of pyridine rings is 1. The summed E-state index contributed by atoms with van der Waals surface area (Å²) in [5, 5.41) is 9.74. The van der Waals surface area contributed by atoms with E-state index in [2.05, 4.69) is 14.9 Å². The van der Waals surface area contributed by atoms with E-state index in [0.29, 0.717) is 36.3 Å². The number of hydrogen-bond acceptors (Lipinski definition) is 8. The zero-order chi connectivity index (χ0) is 29.0. The van der Waals surface area contributed by atoms with Crippen molar-refractivity contribution in [1.29, 1.82) is 0 Å². The van der Waals surface area contributed by atoms with E-state index in [-0.39, 0.29) is 46.9 Å². The molecule has 2 saturated heterocycles. The molecule has 4 bridgehead atoms. The number of hydrogen-bond donors (Lipinski definition) is 1. The Morgan fingerprint density at radius 3 is 2.27 bits per heavy atom. The molecule has 0 radical (unpaired) electrons. The number of carbonyl (C=O) groups is 1. The number of piperazine rings is 1. The van der Waals surface area contributed by atoms with Crippen molar-refractivity contribution in [1.82, 2.24) is 19.9 Å². The highest BCUT2D eigenvalue weighted by Crippen LogP contribution is 2.59. The van der Waals surface area contributed by atoms with E-state index < -0.39 is 11.4 Å². The highest BCUT2D eigenvalue weighted by atomic mass is 35.5. The Hall–Kier alpha value is -2.46. The fourth-order valence-electron chi connectivity index (χ4n) is 7.68. The molecule has 3 saturated carbocycles. The Morgan fingerprint density at radius 2 is 1.68 bits per heavy atom. The average molecular weight is 590 g/mol.